The number of piperazine rings is 2. The summed E-state index contributed by atoms with van der Waals surface area (Å²) in [5.41, 5.74) is 0.292. The van der Waals surface area contributed by atoms with Gasteiger partial charge < -0.3 is 28.5 Å². The number of amides is 1. The summed E-state index contributed by atoms with van der Waals surface area (Å²) in [5, 5.41) is 3.94. The number of nitrogens with zero attached hydrogens (tertiary/aromatic N) is 7. The first-order valence-electron chi connectivity index (χ1n) is 10.9. The average molecular weight is 438 g/mol. The van der Waals surface area contributed by atoms with Crippen molar-refractivity contribution < 1.29 is 13.7 Å². The van der Waals surface area contributed by atoms with Gasteiger partial charge in [-0.2, -0.15) is 0 Å². The van der Waals surface area contributed by atoms with E-state index in [4.69, 9.17) is 8.94 Å². The molecular weight excluding hydrogens is 410 g/mol. The first-order valence-corrected chi connectivity index (χ1v) is 10.9. The molecule has 3 aromatic rings. The summed E-state index contributed by atoms with van der Waals surface area (Å²) >= 11 is 0. The summed E-state index contributed by atoms with van der Waals surface area (Å²) in [6, 6.07) is 7.24. The molecule has 10 heteroatoms. The number of hydrogen-bond donors (Lipinski definition) is 0. The maximum Gasteiger partial charge on any atom is 0.276 e. The van der Waals surface area contributed by atoms with Crippen molar-refractivity contribution in [2.45, 2.75) is 6.92 Å². The Hall–Kier alpha value is -3.40. The monoisotopic (exact) mass is 437 g/mol. The van der Waals surface area contributed by atoms with E-state index in [1.807, 2.05) is 6.92 Å². The Morgan fingerprint density at radius 2 is 1.56 bits per heavy atom. The zero-order valence-electron chi connectivity index (χ0n) is 18.4. The molecule has 5 rings (SSSR count). The van der Waals surface area contributed by atoms with E-state index in [1.54, 1.807) is 29.4 Å². The molecule has 3 aromatic heterocycles. The molecule has 0 radical (unpaired) electrons. The topological polar surface area (TPSA) is 95.0 Å². The summed E-state index contributed by atoms with van der Waals surface area (Å²) < 4.78 is 10.6. The van der Waals surface area contributed by atoms with Crippen molar-refractivity contribution >= 4 is 17.5 Å². The number of rotatable bonds is 4. The molecule has 10 nitrogen and oxygen atoms in total. The van der Waals surface area contributed by atoms with Crippen molar-refractivity contribution in [3.05, 3.63) is 42.0 Å². The van der Waals surface area contributed by atoms with Crippen molar-refractivity contribution in [2.24, 2.45) is 0 Å². The van der Waals surface area contributed by atoms with Crippen LogP contribution in [-0.2, 0) is 0 Å². The lowest BCUT2D eigenvalue weighted by atomic mass is 10.2. The van der Waals surface area contributed by atoms with E-state index in [0.717, 1.165) is 43.6 Å². The van der Waals surface area contributed by atoms with E-state index >= 15 is 0 Å². The van der Waals surface area contributed by atoms with Crippen LogP contribution >= 0.6 is 0 Å². The SMILES string of the molecule is Cc1nc(N2CCN(C)CC2)cc(N2CCN(C(=O)c3cc(-c4ccco4)on3)CC2)n1. The zero-order chi connectivity index (χ0) is 22.1. The number of furan rings is 1. The van der Waals surface area contributed by atoms with Gasteiger partial charge in [0.25, 0.3) is 5.91 Å². The summed E-state index contributed by atoms with van der Waals surface area (Å²) in [4.78, 5) is 30.9. The second-order valence-electron chi connectivity index (χ2n) is 8.25. The van der Waals surface area contributed by atoms with Crippen molar-refractivity contribution in [3.8, 4) is 11.5 Å². The predicted molar refractivity (Wildman–Crippen MR) is 119 cm³/mol. The minimum absolute atomic E-state index is 0.136. The summed E-state index contributed by atoms with van der Waals surface area (Å²) in [7, 11) is 2.14. The van der Waals surface area contributed by atoms with Gasteiger partial charge in [-0.25, -0.2) is 9.97 Å². The van der Waals surface area contributed by atoms with Crippen molar-refractivity contribution in [2.75, 3.05) is 69.2 Å². The number of likely N-dealkylation sites (N-methyl/N-ethyl adjacent to an activating group) is 1. The largest absolute Gasteiger partial charge is 0.461 e. The summed E-state index contributed by atoms with van der Waals surface area (Å²) in [6.45, 7) is 8.51. The molecule has 0 aromatic carbocycles. The third kappa shape index (κ3) is 4.18. The molecule has 0 spiro atoms. The van der Waals surface area contributed by atoms with Crippen LogP contribution in [0.5, 0.6) is 0 Å². The van der Waals surface area contributed by atoms with Gasteiger partial charge in [-0.3, -0.25) is 4.79 Å². The molecule has 2 saturated heterocycles. The molecule has 1 amide bonds. The van der Waals surface area contributed by atoms with Crippen molar-refractivity contribution in [1.29, 1.82) is 0 Å². The fourth-order valence-corrected chi connectivity index (χ4v) is 4.11. The van der Waals surface area contributed by atoms with Crippen LogP contribution in [0.2, 0.25) is 0 Å². The quantitative estimate of drug-likeness (QED) is 0.605. The summed E-state index contributed by atoms with van der Waals surface area (Å²) in [6.07, 6.45) is 1.56. The van der Waals surface area contributed by atoms with E-state index in [2.05, 4.69) is 42.9 Å². The smallest absolute Gasteiger partial charge is 0.276 e. The van der Waals surface area contributed by atoms with Gasteiger partial charge in [0.15, 0.2) is 11.5 Å². The molecule has 0 saturated carbocycles. The van der Waals surface area contributed by atoms with E-state index in [-0.39, 0.29) is 5.91 Å². The lowest BCUT2D eigenvalue weighted by Gasteiger charge is -2.36. The van der Waals surface area contributed by atoms with Crippen LogP contribution in [0.3, 0.4) is 0 Å². The number of hydrogen-bond acceptors (Lipinski definition) is 9. The maximum absolute atomic E-state index is 12.9. The number of aryl methyl sites for hydroxylation is 1. The minimum Gasteiger partial charge on any atom is -0.461 e. The zero-order valence-corrected chi connectivity index (χ0v) is 18.4. The van der Waals surface area contributed by atoms with Gasteiger partial charge in [0.05, 0.1) is 6.26 Å². The number of aromatic nitrogens is 3. The Morgan fingerprint density at radius 3 is 2.19 bits per heavy atom. The normalized spacial score (nSPS) is 17.8. The molecule has 2 fully saturated rings. The first-order chi connectivity index (χ1) is 15.6. The third-order valence-electron chi connectivity index (χ3n) is 6.02. The third-order valence-corrected chi connectivity index (χ3v) is 6.02. The van der Waals surface area contributed by atoms with Gasteiger partial charge in [-0.1, -0.05) is 5.16 Å². The molecule has 2 aliphatic rings. The Bertz CT molecular complexity index is 1070. The molecule has 168 valence electrons. The molecule has 0 bridgehead atoms. The van der Waals surface area contributed by atoms with E-state index in [1.165, 1.54) is 0 Å². The standard InChI is InChI=1S/C22H27N7O3/c1-16-23-20(27-7-5-26(2)6-8-27)15-21(24-16)28-9-11-29(12-10-28)22(30)17-14-19(32-25-17)18-4-3-13-31-18/h3-4,13-15H,5-12H2,1-2H3. The molecule has 5 heterocycles. The van der Waals surface area contributed by atoms with Crippen LogP contribution in [0.25, 0.3) is 11.5 Å². The number of anilines is 2. The van der Waals surface area contributed by atoms with Gasteiger partial charge in [0, 0.05) is 64.5 Å². The molecule has 0 N–H and O–H groups in total. The Balaban J connectivity index is 1.23. The molecular formula is C22H27N7O3. The fraction of sp³-hybridized carbons (Fsp3) is 0.455. The lowest BCUT2D eigenvalue weighted by molar-refractivity contribution is 0.0736. The van der Waals surface area contributed by atoms with Crippen molar-refractivity contribution in [3.63, 3.8) is 0 Å². The Labute approximate surface area is 186 Å². The van der Waals surface area contributed by atoms with Crippen molar-refractivity contribution in [1.82, 2.24) is 24.9 Å². The van der Waals surface area contributed by atoms with Crippen LogP contribution in [0.1, 0.15) is 16.3 Å². The first kappa shape index (κ1) is 20.5. The molecule has 32 heavy (non-hydrogen) atoms. The van der Waals surface area contributed by atoms with Gasteiger partial charge in [0.1, 0.15) is 17.5 Å². The average Bonchev–Trinajstić information content (AvgIpc) is 3.51. The molecule has 0 aliphatic carbocycles. The highest BCUT2D eigenvalue weighted by Crippen LogP contribution is 2.23. The Kier molecular flexibility index (Phi) is 5.52. The summed E-state index contributed by atoms with van der Waals surface area (Å²) in [5.74, 6) is 3.53. The lowest BCUT2D eigenvalue weighted by Crippen LogP contribution is -2.49. The second kappa shape index (κ2) is 8.62. The van der Waals surface area contributed by atoms with Gasteiger partial charge in [0.2, 0.25) is 5.76 Å². The van der Waals surface area contributed by atoms with E-state index in [0.29, 0.717) is 43.4 Å². The van der Waals surface area contributed by atoms with Crippen LogP contribution < -0.4 is 9.80 Å². The number of carbonyl (C=O) groups is 1. The highest BCUT2D eigenvalue weighted by Gasteiger charge is 2.26. The number of carbonyl (C=O) groups excluding carboxylic acids is 1. The fourth-order valence-electron chi connectivity index (χ4n) is 4.11. The molecule has 2 aliphatic heterocycles. The van der Waals surface area contributed by atoms with Crippen LogP contribution in [0.4, 0.5) is 11.6 Å². The minimum atomic E-state index is -0.136. The van der Waals surface area contributed by atoms with Gasteiger partial charge in [-0.05, 0) is 26.1 Å². The molecule has 0 atom stereocenters. The highest BCUT2D eigenvalue weighted by atomic mass is 16.5. The van der Waals surface area contributed by atoms with E-state index in [9.17, 15) is 4.79 Å². The van der Waals surface area contributed by atoms with Crippen LogP contribution in [0, 0.1) is 6.92 Å². The molecule has 0 unspecified atom stereocenters. The predicted octanol–water partition coefficient (Wildman–Crippen LogP) is 1.75. The maximum atomic E-state index is 12.9. The second-order valence-corrected chi connectivity index (χ2v) is 8.25. The van der Waals surface area contributed by atoms with Gasteiger partial charge in [-0.15, -0.1) is 0 Å². The van der Waals surface area contributed by atoms with E-state index < -0.39 is 0 Å². The van der Waals surface area contributed by atoms with Crippen LogP contribution in [-0.4, -0.2) is 90.2 Å². The Morgan fingerprint density at radius 1 is 0.906 bits per heavy atom. The van der Waals surface area contributed by atoms with Gasteiger partial charge >= 0.3 is 0 Å². The van der Waals surface area contributed by atoms with Crippen LogP contribution in [0.15, 0.2) is 39.5 Å². The highest BCUT2D eigenvalue weighted by molar-refractivity contribution is 5.93.